The van der Waals surface area contributed by atoms with Crippen LogP contribution in [-0.4, -0.2) is 23.1 Å². The van der Waals surface area contributed by atoms with E-state index in [1.165, 1.54) is 0 Å². The van der Waals surface area contributed by atoms with Gasteiger partial charge in [-0.05, 0) is 31.5 Å². The van der Waals surface area contributed by atoms with Crippen molar-refractivity contribution < 1.29 is 14.7 Å². The third-order valence-corrected chi connectivity index (χ3v) is 4.39. The molecule has 1 aliphatic heterocycles. The van der Waals surface area contributed by atoms with Crippen molar-refractivity contribution in [2.75, 3.05) is 10.2 Å². The number of carbonyl (C=O) groups excluding carboxylic acids is 2. The smallest absolute Gasteiger partial charge is 0.329 e. The van der Waals surface area contributed by atoms with Crippen molar-refractivity contribution in [3.8, 4) is 0 Å². The maximum atomic E-state index is 13.0. The van der Waals surface area contributed by atoms with E-state index >= 15 is 0 Å². The summed E-state index contributed by atoms with van der Waals surface area (Å²) < 4.78 is 0. The summed E-state index contributed by atoms with van der Waals surface area (Å²) in [6.45, 7) is 3.79. The quantitative estimate of drug-likeness (QED) is 0.801. The van der Waals surface area contributed by atoms with Gasteiger partial charge >= 0.3 is 6.03 Å². The first-order valence-electron chi connectivity index (χ1n) is 8.27. The number of hydrogen-bond donors (Lipinski definition) is 3. The second kappa shape index (κ2) is 6.57. The summed E-state index contributed by atoms with van der Waals surface area (Å²) in [5.41, 5.74) is -0.957. The molecule has 1 heterocycles. The van der Waals surface area contributed by atoms with Gasteiger partial charge in [0.15, 0.2) is 0 Å². The molecule has 0 bridgehead atoms. The van der Waals surface area contributed by atoms with Crippen LogP contribution >= 0.6 is 0 Å². The Morgan fingerprint density at radius 3 is 2.52 bits per heavy atom. The summed E-state index contributed by atoms with van der Waals surface area (Å²) in [6, 6.07) is 14.7. The van der Waals surface area contributed by atoms with E-state index in [1.54, 1.807) is 54.6 Å². The Labute approximate surface area is 146 Å². The average Bonchev–Trinajstić information content (AvgIpc) is 2.62. The van der Waals surface area contributed by atoms with E-state index in [9.17, 15) is 14.7 Å². The van der Waals surface area contributed by atoms with Gasteiger partial charge in [-0.1, -0.05) is 43.3 Å². The van der Waals surface area contributed by atoms with Crippen LogP contribution in [0.2, 0.25) is 0 Å². The van der Waals surface area contributed by atoms with E-state index in [1.807, 2.05) is 13.8 Å². The van der Waals surface area contributed by atoms with Gasteiger partial charge in [-0.25, -0.2) is 4.79 Å². The van der Waals surface area contributed by atoms with Gasteiger partial charge < -0.3 is 15.7 Å². The van der Waals surface area contributed by atoms with Crippen LogP contribution in [-0.2, 0) is 10.5 Å². The summed E-state index contributed by atoms with van der Waals surface area (Å²) >= 11 is 0. The highest BCUT2D eigenvalue weighted by Crippen LogP contribution is 2.39. The fourth-order valence-corrected chi connectivity index (χ4v) is 2.87. The lowest BCUT2D eigenvalue weighted by atomic mass is 9.94. The molecule has 130 valence electrons. The van der Waals surface area contributed by atoms with Crippen LogP contribution in [0, 0.1) is 0 Å². The molecule has 0 spiro atoms. The van der Waals surface area contributed by atoms with Gasteiger partial charge in [0.25, 0.3) is 11.6 Å². The fraction of sp³-hybridized carbons (Fsp3) is 0.263. The summed E-state index contributed by atoms with van der Waals surface area (Å²) in [4.78, 5) is 26.8. The van der Waals surface area contributed by atoms with E-state index in [-0.39, 0.29) is 6.04 Å². The van der Waals surface area contributed by atoms with Gasteiger partial charge in [0.1, 0.15) is 0 Å². The van der Waals surface area contributed by atoms with Gasteiger partial charge in [0, 0.05) is 17.3 Å². The van der Waals surface area contributed by atoms with Crippen molar-refractivity contribution in [1.82, 2.24) is 5.32 Å². The van der Waals surface area contributed by atoms with Crippen LogP contribution in [0.1, 0.15) is 25.8 Å². The van der Waals surface area contributed by atoms with Crippen molar-refractivity contribution >= 4 is 23.3 Å². The van der Waals surface area contributed by atoms with Crippen molar-refractivity contribution in [3.05, 3.63) is 60.2 Å². The van der Waals surface area contributed by atoms with Crippen molar-refractivity contribution in [1.29, 1.82) is 0 Å². The number of nitrogens with one attached hydrogen (secondary N) is 2. The first-order valence-corrected chi connectivity index (χ1v) is 8.27. The number of carbonyl (C=O) groups is 2. The number of para-hydroxylation sites is 2. The molecular formula is C19H21N3O3. The number of amides is 3. The Morgan fingerprint density at radius 1 is 1.20 bits per heavy atom. The van der Waals surface area contributed by atoms with Gasteiger partial charge in [0.05, 0.1) is 5.69 Å². The van der Waals surface area contributed by atoms with Crippen LogP contribution in [0.3, 0.4) is 0 Å². The van der Waals surface area contributed by atoms with Gasteiger partial charge in [-0.2, -0.15) is 0 Å². The molecule has 3 rings (SSSR count). The first kappa shape index (κ1) is 17.0. The molecular weight excluding hydrogens is 318 g/mol. The second-order valence-corrected chi connectivity index (χ2v) is 6.10. The van der Waals surface area contributed by atoms with E-state index in [4.69, 9.17) is 0 Å². The predicted molar refractivity (Wildman–Crippen MR) is 96.2 cm³/mol. The molecule has 2 aromatic rings. The lowest BCUT2D eigenvalue weighted by Gasteiger charge is -2.43. The van der Waals surface area contributed by atoms with Crippen molar-refractivity contribution in [2.45, 2.75) is 32.0 Å². The summed E-state index contributed by atoms with van der Waals surface area (Å²) in [5, 5.41) is 17.0. The lowest BCUT2D eigenvalue weighted by Crippen LogP contribution is -2.63. The number of rotatable bonds is 4. The van der Waals surface area contributed by atoms with Gasteiger partial charge in [-0.3, -0.25) is 9.69 Å². The van der Waals surface area contributed by atoms with Gasteiger partial charge in [-0.15, -0.1) is 0 Å². The molecule has 0 aliphatic carbocycles. The summed E-state index contributed by atoms with van der Waals surface area (Å²) in [6.07, 6.45) is 0.709. The van der Waals surface area contributed by atoms with Crippen LogP contribution in [0.4, 0.5) is 16.2 Å². The standard InChI is InChI=1S/C19H21N3O3/c1-3-13(2)20-17(23)19(25)15-11-7-8-12-16(15)21-18(24)22(19)14-9-5-4-6-10-14/h4-13,25H,3H2,1-2H3,(H,20,23)(H,21,24)/t13-,19+/m1/s1. The van der Waals surface area contributed by atoms with Crippen molar-refractivity contribution in [2.24, 2.45) is 0 Å². The highest BCUT2D eigenvalue weighted by Gasteiger charge is 2.52. The molecule has 25 heavy (non-hydrogen) atoms. The third-order valence-electron chi connectivity index (χ3n) is 4.39. The highest BCUT2D eigenvalue weighted by molar-refractivity contribution is 6.11. The Bertz CT molecular complexity index is 794. The predicted octanol–water partition coefficient (Wildman–Crippen LogP) is 2.80. The normalized spacial score (nSPS) is 20.4. The minimum absolute atomic E-state index is 0.133. The molecule has 0 radical (unpaired) electrons. The number of fused-ring (bicyclic) bond motifs is 1. The van der Waals surface area contributed by atoms with E-state index in [0.29, 0.717) is 23.4 Å². The molecule has 0 unspecified atom stereocenters. The molecule has 0 fully saturated rings. The maximum absolute atomic E-state index is 13.0. The Morgan fingerprint density at radius 2 is 1.84 bits per heavy atom. The molecule has 3 N–H and O–H groups in total. The Kier molecular flexibility index (Phi) is 4.46. The van der Waals surface area contributed by atoms with E-state index in [2.05, 4.69) is 10.6 Å². The number of urea groups is 1. The lowest BCUT2D eigenvalue weighted by molar-refractivity contribution is -0.140. The van der Waals surface area contributed by atoms with Gasteiger partial charge in [0.2, 0.25) is 0 Å². The zero-order valence-electron chi connectivity index (χ0n) is 14.2. The number of anilines is 2. The van der Waals surface area contributed by atoms with Crippen LogP contribution in [0.5, 0.6) is 0 Å². The monoisotopic (exact) mass is 339 g/mol. The largest absolute Gasteiger partial charge is 0.359 e. The minimum atomic E-state index is -2.14. The second-order valence-electron chi connectivity index (χ2n) is 6.10. The molecule has 2 aromatic carbocycles. The van der Waals surface area contributed by atoms with E-state index in [0.717, 1.165) is 4.90 Å². The third kappa shape index (κ3) is 2.85. The van der Waals surface area contributed by atoms with Crippen LogP contribution in [0.15, 0.2) is 54.6 Å². The SMILES string of the molecule is CC[C@@H](C)NC(=O)[C@@]1(O)c2ccccc2NC(=O)N1c1ccccc1. The molecule has 2 atom stereocenters. The summed E-state index contributed by atoms with van der Waals surface area (Å²) in [5.74, 6) is -0.631. The molecule has 6 heteroatoms. The zero-order chi connectivity index (χ0) is 18.0. The average molecular weight is 339 g/mol. The number of hydrogen-bond acceptors (Lipinski definition) is 3. The zero-order valence-corrected chi connectivity index (χ0v) is 14.2. The number of nitrogens with zero attached hydrogens (tertiary/aromatic N) is 1. The fourth-order valence-electron chi connectivity index (χ4n) is 2.87. The highest BCUT2D eigenvalue weighted by atomic mass is 16.3. The maximum Gasteiger partial charge on any atom is 0.329 e. The molecule has 3 amide bonds. The number of aliphatic hydroxyl groups is 1. The number of benzene rings is 2. The first-order chi connectivity index (χ1) is 12.0. The Hall–Kier alpha value is -2.86. The Balaban J connectivity index is 2.16. The van der Waals surface area contributed by atoms with E-state index < -0.39 is 17.7 Å². The molecule has 6 nitrogen and oxygen atoms in total. The summed E-state index contributed by atoms with van der Waals surface area (Å²) in [7, 11) is 0. The molecule has 0 aromatic heterocycles. The van der Waals surface area contributed by atoms with Crippen molar-refractivity contribution in [3.63, 3.8) is 0 Å². The topological polar surface area (TPSA) is 81.7 Å². The molecule has 0 saturated carbocycles. The van der Waals surface area contributed by atoms with Crippen LogP contribution < -0.4 is 15.5 Å². The van der Waals surface area contributed by atoms with Crippen LogP contribution in [0.25, 0.3) is 0 Å². The molecule has 0 saturated heterocycles. The molecule has 1 aliphatic rings. The minimum Gasteiger partial charge on any atom is -0.359 e.